The van der Waals surface area contributed by atoms with Gasteiger partial charge in [-0.25, -0.2) is 0 Å². The Morgan fingerprint density at radius 2 is 0.920 bits per heavy atom. The summed E-state index contributed by atoms with van der Waals surface area (Å²) in [7, 11) is 3.31. The monoisotopic (exact) mass is 1050 g/mol. The van der Waals surface area contributed by atoms with Crippen molar-refractivity contribution in [2.24, 2.45) is 10.8 Å². The summed E-state index contributed by atoms with van der Waals surface area (Å²) in [5, 5.41) is 24.1. The Hall–Kier alpha value is -6.18. The number of aryl methyl sites for hydroxylation is 2. The Balaban J connectivity index is 1.07. The number of thiophene rings is 1. The highest BCUT2D eigenvalue weighted by Gasteiger charge is 2.48. The van der Waals surface area contributed by atoms with Gasteiger partial charge < -0.3 is 52.3 Å². The van der Waals surface area contributed by atoms with E-state index in [9.17, 15) is 38.4 Å². The summed E-state index contributed by atoms with van der Waals surface area (Å²) in [6, 6.07) is 12.2. The third kappa shape index (κ3) is 13.3. The van der Waals surface area contributed by atoms with Gasteiger partial charge in [-0.05, 0) is 125 Å². The van der Waals surface area contributed by atoms with E-state index in [2.05, 4.69) is 54.7 Å². The van der Waals surface area contributed by atoms with Crippen LogP contribution in [-0.2, 0) is 41.6 Å². The number of likely N-dealkylation sites (N-methyl/N-ethyl adjacent to an activating group) is 2. The molecule has 0 radical (unpaired) electrons. The smallest absolute Gasteiger partial charge is 0.261 e. The van der Waals surface area contributed by atoms with E-state index in [1.165, 1.54) is 21.9 Å². The molecule has 2 aromatic carbocycles. The Labute approximate surface area is 445 Å². The van der Waals surface area contributed by atoms with E-state index in [1.54, 1.807) is 27.9 Å². The SMILES string of the molecule is CN[C@@H](C)C(=O)N[C@H](C(=O)N1C[C@@H](NC(=O)c2ccc(C(=O)N[C@H]3C[C@@H](C(=O)N[C@@H]4CCCc5ccccc54)N(C(=O)[C@@H](NC(=O)[C@H](C)NC)C(C)(C)C)C3)s2)C[C@H]1C(=O)N[C@@H]1CCCc2ccccc21)C(C)(C)C. The molecule has 2 aliphatic heterocycles. The van der Waals surface area contributed by atoms with Gasteiger partial charge in [-0.15, -0.1) is 11.3 Å². The van der Waals surface area contributed by atoms with Gasteiger partial charge in [0.05, 0.1) is 33.9 Å². The molecule has 18 nitrogen and oxygen atoms in total. The molecule has 1 aromatic heterocycles. The first kappa shape index (κ1) is 56.5. The maximum atomic E-state index is 14.7. The molecule has 2 aliphatic carbocycles. The number of amides is 8. The van der Waals surface area contributed by atoms with Gasteiger partial charge in [0.25, 0.3) is 11.8 Å². The lowest BCUT2D eigenvalue weighted by Crippen LogP contribution is -2.59. The standard InChI is InChI=1S/C56H78N10O8S/c1-31(57-9)47(67)63-45(55(3,4)5)53(73)65-29-35(27-41(65)49(69)61-39-23-15-19-33-17-11-13-21-37(33)39)59-51(71)43-25-26-44(75-43)52(72)60-36-28-42(50(70)62-40-24-16-20-34-18-12-14-22-38(34)40)66(30-36)54(74)46(56(6,7)8)64-48(68)32(2)58-10/h11-14,17-18,21-22,25-26,31-32,35-36,39-42,45-46,57-58H,15-16,19-20,23-24,27-30H2,1-10H3,(H,59,71)(H,60,72)(H,61,69)(H,62,70)(H,63,67)(H,64,68)/t31-,32-,35-,36-,39+,40+,41-,42-,45+,46+/m0/s1. The van der Waals surface area contributed by atoms with Crippen molar-refractivity contribution in [1.29, 1.82) is 0 Å². The molecule has 0 bridgehead atoms. The van der Waals surface area contributed by atoms with Crippen LogP contribution in [0, 0.1) is 10.8 Å². The lowest BCUT2D eigenvalue weighted by Gasteiger charge is -2.36. The van der Waals surface area contributed by atoms with E-state index < -0.39 is 82.8 Å². The summed E-state index contributed by atoms with van der Waals surface area (Å²) < 4.78 is 0. The van der Waals surface area contributed by atoms with Crippen LogP contribution in [0.4, 0.5) is 0 Å². The van der Waals surface area contributed by atoms with Gasteiger partial charge in [0.2, 0.25) is 35.4 Å². The summed E-state index contributed by atoms with van der Waals surface area (Å²) in [5.74, 6) is -3.32. The second-order valence-electron chi connectivity index (χ2n) is 22.9. The van der Waals surface area contributed by atoms with Crippen molar-refractivity contribution >= 4 is 58.6 Å². The molecule has 3 aromatic rings. The number of nitrogens with one attached hydrogen (secondary N) is 8. The van der Waals surface area contributed by atoms with Gasteiger partial charge >= 0.3 is 0 Å². The summed E-state index contributed by atoms with van der Waals surface area (Å²) in [6.07, 6.45) is 5.28. The first-order chi connectivity index (χ1) is 35.5. The van der Waals surface area contributed by atoms with E-state index in [4.69, 9.17) is 0 Å². The number of benzene rings is 2. The molecule has 0 saturated carbocycles. The van der Waals surface area contributed by atoms with Gasteiger partial charge in [-0.2, -0.15) is 0 Å². The summed E-state index contributed by atoms with van der Waals surface area (Å²) in [5.41, 5.74) is 2.93. The first-order valence-corrected chi connectivity index (χ1v) is 27.3. The van der Waals surface area contributed by atoms with Crippen molar-refractivity contribution in [1.82, 2.24) is 52.3 Å². The highest BCUT2D eigenvalue weighted by molar-refractivity contribution is 7.16. The van der Waals surface area contributed by atoms with E-state index in [0.717, 1.165) is 72.1 Å². The Kier molecular flexibility index (Phi) is 17.9. The van der Waals surface area contributed by atoms with Crippen LogP contribution in [0.1, 0.15) is 148 Å². The normalized spacial score (nSPS) is 23.1. The number of nitrogens with zero attached hydrogens (tertiary/aromatic N) is 2. The van der Waals surface area contributed by atoms with Crippen LogP contribution in [-0.4, -0.2) is 133 Å². The summed E-state index contributed by atoms with van der Waals surface area (Å²) >= 11 is 0.967. The first-order valence-electron chi connectivity index (χ1n) is 26.5. The minimum atomic E-state index is -0.989. The average molecular weight is 1050 g/mol. The summed E-state index contributed by atoms with van der Waals surface area (Å²) in [4.78, 5) is 116. The molecule has 8 amide bonds. The molecular weight excluding hydrogens is 973 g/mol. The molecular formula is C56H78N10O8S. The van der Waals surface area contributed by atoms with Crippen LogP contribution in [0.3, 0.4) is 0 Å². The average Bonchev–Trinajstić information content (AvgIpc) is 4.16. The van der Waals surface area contributed by atoms with E-state index in [0.29, 0.717) is 0 Å². The molecule has 406 valence electrons. The Bertz CT molecular complexity index is 2450. The molecule has 3 heterocycles. The number of carbonyl (C=O) groups excluding carboxylic acids is 8. The molecule has 0 unspecified atom stereocenters. The highest BCUT2D eigenvalue weighted by atomic mass is 32.1. The van der Waals surface area contributed by atoms with Crippen LogP contribution < -0.4 is 42.5 Å². The van der Waals surface area contributed by atoms with E-state index in [1.807, 2.05) is 77.9 Å². The molecule has 7 rings (SSSR count). The molecule has 4 aliphatic rings. The van der Waals surface area contributed by atoms with Crippen molar-refractivity contribution in [3.63, 3.8) is 0 Å². The van der Waals surface area contributed by atoms with Gasteiger partial charge in [-0.3, -0.25) is 38.4 Å². The molecule has 2 fully saturated rings. The topological polar surface area (TPSA) is 239 Å². The zero-order valence-corrected chi connectivity index (χ0v) is 46.0. The maximum Gasteiger partial charge on any atom is 0.261 e. The molecule has 8 N–H and O–H groups in total. The second kappa shape index (κ2) is 23.8. The fourth-order valence-corrected chi connectivity index (χ4v) is 11.5. The zero-order valence-electron chi connectivity index (χ0n) is 45.2. The van der Waals surface area contributed by atoms with Crippen molar-refractivity contribution in [2.75, 3.05) is 27.2 Å². The molecule has 0 spiro atoms. The quantitative estimate of drug-likeness (QED) is 0.103. The zero-order chi connectivity index (χ0) is 54.5. The number of carbonyl (C=O) groups is 8. The number of hydrogen-bond donors (Lipinski definition) is 8. The van der Waals surface area contributed by atoms with Crippen molar-refractivity contribution in [3.05, 3.63) is 92.7 Å². The minimum absolute atomic E-state index is 0.000163. The Morgan fingerprint density at radius 3 is 1.28 bits per heavy atom. The van der Waals surface area contributed by atoms with Gasteiger partial charge in [0.15, 0.2) is 0 Å². The largest absolute Gasteiger partial charge is 0.347 e. The molecule has 19 heteroatoms. The maximum absolute atomic E-state index is 14.7. The lowest BCUT2D eigenvalue weighted by atomic mass is 9.85. The van der Waals surface area contributed by atoms with Crippen molar-refractivity contribution < 1.29 is 38.4 Å². The van der Waals surface area contributed by atoms with Gasteiger partial charge in [0, 0.05) is 25.2 Å². The van der Waals surface area contributed by atoms with Crippen LogP contribution in [0.2, 0.25) is 0 Å². The second-order valence-corrected chi connectivity index (χ2v) is 24.0. The predicted molar refractivity (Wildman–Crippen MR) is 287 cm³/mol. The fourth-order valence-electron chi connectivity index (χ4n) is 10.7. The van der Waals surface area contributed by atoms with Crippen LogP contribution in [0.5, 0.6) is 0 Å². The molecule has 75 heavy (non-hydrogen) atoms. The molecule has 2 saturated heterocycles. The van der Waals surface area contributed by atoms with Gasteiger partial charge in [-0.1, -0.05) is 90.1 Å². The van der Waals surface area contributed by atoms with Crippen LogP contribution in [0.25, 0.3) is 0 Å². The lowest BCUT2D eigenvalue weighted by molar-refractivity contribution is -0.144. The minimum Gasteiger partial charge on any atom is -0.347 e. The summed E-state index contributed by atoms with van der Waals surface area (Å²) in [6.45, 7) is 14.5. The van der Waals surface area contributed by atoms with Crippen LogP contribution in [0.15, 0.2) is 60.7 Å². The third-order valence-corrected chi connectivity index (χ3v) is 16.4. The number of fused-ring (bicyclic) bond motifs is 2. The van der Waals surface area contributed by atoms with E-state index in [-0.39, 0.29) is 71.4 Å². The van der Waals surface area contributed by atoms with Crippen LogP contribution >= 0.6 is 11.3 Å². The third-order valence-electron chi connectivity index (χ3n) is 15.3. The molecule has 10 atom stereocenters. The van der Waals surface area contributed by atoms with Crippen molar-refractivity contribution in [2.45, 2.75) is 167 Å². The predicted octanol–water partition coefficient (Wildman–Crippen LogP) is 3.81. The Morgan fingerprint density at radius 1 is 0.547 bits per heavy atom. The number of hydrogen-bond acceptors (Lipinski definition) is 11. The number of rotatable bonds is 16. The van der Waals surface area contributed by atoms with Gasteiger partial charge in [0.1, 0.15) is 24.2 Å². The fraction of sp³-hybridized carbons (Fsp3) is 0.571. The number of likely N-dealkylation sites (tertiary alicyclic amines) is 2. The highest BCUT2D eigenvalue weighted by Crippen LogP contribution is 2.34. The van der Waals surface area contributed by atoms with E-state index >= 15 is 0 Å². The van der Waals surface area contributed by atoms with Crippen molar-refractivity contribution in [3.8, 4) is 0 Å².